The first-order valence-corrected chi connectivity index (χ1v) is 7.65. The summed E-state index contributed by atoms with van der Waals surface area (Å²) in [6.45, 7) is 11.2. The third kappa shape index (κ3) is 5.98. The Bertz CT molecular complexity index is 320. The quantitative estimate of drug-likeness (QED) is 0.792. The number of hydrogen-bond acceptors (Lipinski definition) is 2. The molecule has 0 saturated carbocycles. The summed E-state index contributed by atoms with van der Waals surface area (Å²) >= 11 is 3.46. The van der Waals surface area contributed by atoms with Crippen LogP contribution in [0.4, 0.5) is 0 Å². The summed E-state index contributed by atoms with van der Waals surface area (Å²) in [5, 5.41) is 3.59. The van der Waals surface area contributed by atoms with E-state index in [2.05, 4.69) is 71.2 Å². The van der Waals surface area contributed by atoms with Crippen LogP contribution >= 0.6 is 15.9 Å². The number of hydrogen-bond donors (Lipinski definition) is 1. The lowest BCUT2D eigenvalue weighted by atomic mass is 10.1. The van der Waals surface area contributed by atoms with Gasteiger partial charge in [-0.2, -0.15) is 0 Å². The van der Waals surface area contributed by atoms with Crippen LogP contribution in [-0.4, -0.2) is 37.1 Å². The highest BCUT2D eigenvalue weighted by Crippen LogP contribution is 2.10. The van der Waals surface area contributed by atoms with Crippen molar-refractivity contribution in [3.05, 3.63) is 34.3 Å². The van der Waals surface area contributed by atoms with Crippen LogP contribution in [0.1, 0.15) is 26.3 Å². The Labute approximate surface area is 120 Å². The second-order valence-electron chi connectivity index (χ2n) is 4.72. The van der Waals surface area contributed by atoms with Gasteiger partial charge in [-0.1, -0.05) is 41.9 Å². The van der Waals surface area contributed by atoms with Gasteiger partial charge in [-0.15, -0.1) is 0 Å². The minimum absolute atomic E-state index is 0.556. The molecule has 1 unspecified atom stereocenters. The van der Waals surface area contributed by atoms with E-state index in [-0.39, 0.29) is 0 Å². The Kier molecular flexibility index (Phi) is 7.56. The fraction of sp³-hybridized carbons (Fsp3) is 0.600. The lowest BCUT2D eigenvalue weighted by molar-refractivity contribution is 0.272. The first-order valence-electron chi connectivity index (χ1n) is 6.85. The maximum Gasteiger partial charge on any atom is 0.0175 e. The Morgan fingerprint density at radius 3 is 2.33 bits per heavy atom. The Morgan fingerprint density at radius 2 is 1.78 bits per heavy atom. The van der Waals surface area contributed by atoms with E-state index in [4.69, 9.17) is 0 Å². The molecule has 1 aromatic carbocycles. The van der Waals surface area contributed by atoms with Gasteiger partial charge < -0.3 is 10.2 Å². The fourth-order valence-corrected chi connectivity index (χ4v) is 2.31. The molecule has 0 aliphatic carbocycles. The van der Waals surface area contributed by atoms with Gasteiger partial charge >= 0.3 is 0 Å². The SMILES string of the molecule is CCN(CC)CC(C)NCCc1ccc(Br)cc1. The van der Waals surface area contributed by atoms with Crippen molar-refractivity contribution in [2.45, 2.75) is 33.2 Å². The molecule has 1 N–H and O–H groups in total. The van der Waals surface area contributed by atoms with Crippen LogP contribution in [-0.2, 0) is 6.42 Å². The smallest absolute Gasteiger partial charge is 0.0175 e. The highest BCUT2D eigenvalue weighted by molar-refractivity contribution is 9.10. The summed E-state index contributed by atoms with van der Waals surface area (Å²) in [7, 11) is 0. The standard InChI is InChI=1S/C15H25BrN2/c1-4-18(5-2)12-13(3)17-11-10-14-6-8-15(16)9-7-14/h6-9,13,17H,4-5,10-12H2,1-3H3. The zero-order valence-electron chi connectivity index (χ0n) is 11.7. The zero-order chi connectivity index (χ0) is 13.4. The molecule has 0 saturated heterocycles. The molecule has 0 bridgehead atoms. The normalized spacial score (nSPS) is 12.9. The summed E-state index contributed by atoms with van der Waals surface area (Å²) in [6.07, 6.45) is 1.09. The minimum Gasteiger partial charge on any atom is -0.313 e. The van der Waals surface area contributed by atoms with Crippen LogP contribution in [0.15, 0.2) is 28.7 Å². The Balaban J connectivity index is 2.22. The molecule has 0 heterocycles. The van der Waals surface area contributed by atoms with E-state index in [1.54, 1.807) is 0 Å². The van der Waals surface area contributed by atoms with Crippen molar-refractivity contribution < 1.29 is 0 Å². The summed E-state index contributed by atoms with van der Waals surface area (Å²) in [5.41, 5.74) is 1.39. The molecule has 18 heavy (non-hydrogen) atoms. The molecule has 0 aliphatic heterocycles. The lowest BCUT2D eigenvalue weighted by Crippen LogP contribution is -2.39. The number of rotatable bonds is 8. The predicted molar refractivity (Wildman–Crippen MR) is 83.1 cm³/mol. The van der Waals surface area contributed by atoms with Gasteiger partial charge in [-0.05, 0) is 50.7 Å². The van der Waals surface area contributed by atoms with Crippen molar-refractivity contribution in [3.63, 3.8) is 0 Å². The van der Waals surface area contributed by atoms with Crippen molar-refractivity contribution in [1.29, 1.82) is 0 Å². The molecule has 0 spiro atoms. The molecule has 1 rings (SSSR count). The van der Waals surface area contributed by atoms with E-state index in [0.29, 0.717) is 6.04 Å². The van der Waals surface area contributed by atoms with Crippen LogP contribution in [0.25, 0.3) is 0 Å². The van der Waals surface area contributed by atoms with E-state index in [0.717, 1.165) is 37.1 Å². The zero-order valence-corrected chi connectivity index (χ0v) is 13.3. The highest BCUT2D eigenvalue weighted by Gasteiger charge is 2.05. The van der Waals surface area contributed by atoms with Crippen LogP contribution in [0.5, 0.6) is 0 Å². The molecule has 2 nitrogen and oxygen atoms in total. The van der Waals surface area contributed by atoms with Crippen LogP contribution in [0.2, 0.25) is 0 Å². The highest BCUT2D eigenvalue weighted by atomic mass is 79.9. The molecule has 1 aromatic rings. The molecule has 0 aromatic heterocycles. The van der Waals surface area contributed by atoms with Gasteiger partial charge in [0.1, 0.15) is 0 Å². The summed E-state index contributed by atoms with van der Waals surface area (Å²) in [5.74, 6) is 0. The maximum absolute atomic E-state index is 3.59. The van der Waals surface area contributed by atoms with Gasteiger partial charge in [-0.3, -0.25) is 0 Å². The largest absolute Gasteiger partial charge is 0.313 e. The topological polar surface area (TPSA) is 15.3 Å². The molecule has 1 atom stereocenters. The molecule has 0 aliphatic rings. The fourth-order valence-electron chi connectivity index (χ4n) is 2.05. The minimum atomic E-state index is 0.556. The predicted octanol–water partition coefficient (Wildman–Crippen LogP) is 3.31. The van der Waals surface area contributed by atoms with E-state index >= 15 is 0 Å². The van der Waals surface area contributed by atoms with Crippen molar-refractivity contribution in [2.75, 3.05) is 26.2 Å². The number of nitrogens with one attached hydrogen (secondary N) is 1. The third-order valence-corrected chi connectivity index (χ3v) is 3.77. The van der Waals surface area contributed by atoms with Crippen molar-refractivity contribution in [3.8, 4) is 0 Å². The lowest BCUT2D eigenvalue weighted by Gasteiger charge is -2.23. The van der Waals surface area contributed by atoms with E-state index in [1.807, 2.05) is 0 Å². The molecule has 0 fully saturated rings. The van der Waals surface area contributed by atoms with Gasteiger partial charge in [0.2, 0.25) is 0 Å². The van der Waals surface area contributed by atoms with Crippen molar-refractivity contribution >= 4 is 15.9 Å². The molecule has 3 heteroatoms. The Hall–Kier alpha value is -0.380. The van der Waals surface area contributed by atoms with Gasteiger partial charge in [-0.25, -0.2) is 0 Å². The maximum atomic E-state index is 3.59. The number of halogens is 1. The molecule has 0 amide bonds. The van der Waals surface area contributed by atoms with Crippen LogP contribution in [0.3, 0.4) is 0 Å². The second kappa shape index (κ2) is 8.68. The molecule has 0 radical (unpaired) electrons. The number of benzene rings is 1. The molecule has 102 valence electrons. The number of nitrogens with zero attached hydrogens (tertiary/aromatic N) is 1. The Morgan fingerprint density at radius 1 is 1.17 bits per heavy atom. The molecular weight excluding hydrogens is 288 g/mol. The van der Waals surface area contributed by atoms with Crippen molar-refractivity contribution in [1.82, 2.24) is 10.2 Å². The average molecular weight is 313 g/mol. The monoisotopic (exact) mass is 312 g/mol. The first-order chi connectivity index (χ1) is 8.65. The summed E-state index contributed by atoms with van der Waals surface area (Å²) in [4.78, 5) is 2.46. The summed E-state index contributed by atoms with van der Waals surface area (Å²) in [6, 6.07) is 9.13. The van der Waals surface area contributed by atoms with Crippen LogP contribution in [0, 0.1) is 0 Å². The third-order valence-electron chi connectivity index (χ3n) is 3.25. The first kappa shape index (κ1) is 15.7. The number of likely N-dealkylation sites (N-methyl/N-ethyl adjacent to an activating group) is 1. The van der Waals surface area contributed by atoms with Gasteiger partial charge in [0.05, 0.1) is 0 Å². The van der Waals surface area contributed by atoms with Gasteiger partial charge in [0, 0.05) is 17.1 Å². The van der Waals surface area contributed by atoms with E-state index in [1.165, 1.54) is 5.56 Å². The second-order valence-corrected chi connectivity index (χ2v) is 5.63. The van der Waals surface area contributed by atoms with Gasteiger partial charge in [0.25, 0.3) is 0 Å². The summed E-state index contributed by atoms with van der Waals surface area (Å²) < 4.78 is 1.15. The van der Waals surface area contributed by atoms with E-state index < -0.39 is 0 Å². The van der Waals surface area contributed by atoms with Crippen LogP contribution < -0.4 is 5.32 Å². The average Bonchev–Trinajstić information content (AvgIpc) is 2.38. The van der Waals surface area contributed by atoms with E-state index in [9.17, 15) is 0 Å². The molecular formula is C15H25BrN2. The van der Waals surface area contributed by atoms with Gasteiger partial charge in [0.15, 0.2) is 0 Å². The van der Waals surface area contributed by atoms with Crippen molar-refractivity contribution in [2.24, 2.45) is 0 Å².